The SMILES string of the molecule is CC1CCCC(NC(=O)c2ccc3c(=O)n(-c4ccc(F)c(Cl)c4)c(=S)[nH]c3c2)C1C. The lowest BCUT2D eigenvalue weighted by Gasteiger charge is -2.34. The average Bonchev–Trinajstić information content (AvgIpc) is 2.73. The number of rotatable bonds is 3. The lowest BCUT2D eigenvalue weighted by Crippen LogP contribution is -2.43. The van der Waals surface area contributed by atoms with Crippen molar-refractivity contribution in [2.45, 2.75) is 39.2 Å². The average molecular weight is 460 g/mol. The molecule has 0 bridgehead atoms. The van der Waals surface area contributed by atoms with Crippen LogP contribution in [0, 0.1) is 22.4 Å². The van der Waals surface area contributed by atoms with Crippen LogP contribution in [0.1, 0.15) is 43.5 Å². The molecule has 0 saturated heterocycles. The molecule has 0 aliphatic heterocycles. The summed E-state index contributed by atoms with van der Waals surface area (Å²) in [5.74, 6) is 0.247. The van der Waals surface area contributed by atoms with Crippen molar-refractivity contribution in [2.75, 3.05) is 0 Å². The zero-order chi connectivity index (χ0) is 22.3. The molecule has 0 radical (unpaired) electrons. The fourth-order valence-corrected chi connectivity index (χ4v) is 4.73. The maximum absolute atomic E-state index is 13.5. The number of hydrogen-bond acceptors (Lipinski definition) is 3. The van der Waals surface area contributed by atoms with Crippen LogP contribution in [-0.2, 0) is 0 Å². The van der Waals surface area contributed by atoms with Gasteiger partial charge in [0, 0.05) is 11.6 Å². The summed E-state index contributed by atoms with van der Waals surface area (Å²) >= 11 is 11.2. The van der Waals surface area contributed by atoms with Crippen LogP contribution in [0.3, 0.4) is 0 Å². The second-order valence-corrected chi connectivity index (χ2v) is 9.07. The molecule has 5 nitrogen and oxygen atoms in total. The summed E-state index contributed by atoms with van der Waals surface area (Å²) in [5.41, 5.74) is 0.924. The first-order valence-corrected chi connectivity index (χ1v) is 11.1. The van der Waals surface area contributed by atoms with Crippen LogP contribution >= 0.6 is 23.8 Å². The molecule has 1 fully saturated rings. The Balaban J connectivity index is 1.69. The van der Waals surface area contributed by atoms with Crippen molar-refractivity contribution in [1.82, 2.24) is 14.9 Å². The second kappa shape index (κ2) is 8.55. The predicted molar refractivity (Wildman–Crippen MR) is 123 cm³/mol. The number of carbonyl (C=O) groups excluding carboxylic acids is 1. The van der Waals surface area contributed by atoms with Gasteiger partial charge in [0.05, 0.1) is 21.6 Å². The van der Waals surface area contributed by atoms with Crippen molar-refractivity contribution in [1.29, 1.82) is 0 Å². The van der Waals surface area contributed by atoms with Crippen molar-refractivity contribution in [2.24, 2.45) is 11.8 Å². The van der Waals surface area contributed by atoms with E-state index in [1.165, 1.54) is 29.2 Å². The number of carbonyl (C=O) groups is 1. The molecule has 8 heteroatoms. The molecule has 1 saturated carbocycles. The van der Waals surface area contributed by atoms with E-state index >= 15 is 0 Å². The number of aromatic nitrogens is 2. The maximum atomic E-state index is 13.5. The minimum absolute atomic E-state index is 0.0998. The summed E-state index contributed by atoms with van der Waals surface area (Å²) in [5, 5.41) is 3.41. The Labute approximate surface area is 189 Å². The van der Waals surface area contributed by atoms with Crippen LogP contribution in [0.25, 0.3) is 16.6 Å². The van der Waals surface area contributed by atoms with Gasteiger partial charge in [-0.15, -0.1) is 0 Å². The number of aromatic amines is 1. The molecule has 2 aromatic carbocycles. The number of amides is 1. The molecule has 1 aromatic heterocycles. The molecule has 1 heterocycles. The highest BCUT2D eigenvalue weighted by Gasteiger charge is 2.28. The lowest BCUT2D eigenvalue weighted by atomic mass is 9.78. The molecule has 2 N–H and O–H groups in total. The summed E-state index contributed by atoms with van der Waals surface area (Å²) in [7, 11) is 0. The monoisotopic (exact) mass is 459 g/mol. The normalized spacial score (nSPS) is 21.2. The summed E-state index contributed by atoms with van der Waals surface area (Å²) in [4.78, 5) is 28.9. The largest absolute Gasteiger partial charge is 0.349 e. The topological polar surface area (TPSA) is 66.9 Å². The number of fused-ring (bicyclic) bond motifs is 1. The molecule has 3 unspecified atom stereocenters. The summed E-state index contributed by atoms with van der Waals surface area (Å²) in [6.45, 7) is 4.40. The number of nitrogens with one attached hydrogen (secondary N) is 2. The molecule has 3 aromatic rings. The van der Waals surface area contributed by atoms with Gasteiger partial charge in [0.25, 0.3) is 11.5 Å². The van der Waals surface area contributed by atoms with E-state index in [0.717, 1.165) is 12.8 Å². The minimum atomic E-state index is -0.577. The first-order valence-electron chi connectivity index (χ1n) is 10.3. The molecule has 162 valence electrons. The Morgan fingerprint density at radius 3 is 2.74 bits per heavy atom. The molecule has 0 spiro atoms. The summed E-state index contributed by atoms with van der Waals surface area (Å²) < 4.78 is 14.9. The standard InChI is InChI=1S/C23H23ClFN3O2S/c1-12-4-3-5-19(13(12)2)26-21(29)14-6-8-16-20(10-14)27-23(31)28(22(16)30)15-7-9-18(25)17(24)11-15/h6-13,19H,3-5H2,1-2H3,(H,26,29)(H,27,31). The van der Waals surface area contributed by atoms with Gasteiger partial charge in [-0.25, -0.2) is 4.39 Å². The van der Waals surface area contributed by atoms with E-state index < -0.39 is 5.82 Å². The van der Waals surface area contributed by atoms with E-state index in [-0.39, 0.29) is 27.3 Å². The van der Waals surface area contributed by atoms with E-state index in [1.54, 1.807) is 18.2 Å². The van der Waals surface area contributed by atoms with Gasteiger partial charge in [0.15, 0.2) is 4.77 Å². The molecule has 3 atom stereocenters. The first-order chi connectivity index (χ1) is 14.8. The minimum Gasteiger partial charge on any atom is -0.349 e. The van der Waals surface area contributed by atoms with Crippen molar-refractivity contribution >= 4 is 40.6 Å². The van der Waals surface area contributed by atoms with Crippen LogP contribution in [0.2, 0.25) is 5.02 Å². The van der Waals surface area contributed by atoms with Gasteiger partial charge in [-0.1, -0.05) is 38.3 Å². The second-order valence-electron chi connectivity index (χ2n) is 8.28. The number of hydrogen-bond donors (Lipinski definition) is 2. The van der Waals surface area contributed by atoms with E-state index in [4.69, 9.17) is 23.8 Å². The Morgan fingerprint density at radius 1 is 1.23 bits per heavy atom. The molecule has 1 amide bonds. The molecule has 1 aliphatic rings. The molecule has 1 aliphatic carbocycles. The van der Waals surface area contributed by atoms with Crippen molar-refractivity contribution in [3.63, 3.8) is 0 Å². The fourth-order valence-electron chi connectivity index (χ4n) is 4.26. The number of nitrogens with zero attached hydrogens (tertiary/aromatic N) is 1. The molecular formula is C23H23ClFN3O2S. The zero-order valence-electron chi connectivity index (χ0n) is 17.2. The third-order valence-electron chi connectivity index (χ3n) is 6.34. The van der Waals surface area contributed by atoms with Gasteiger partial charge in [-0.2, -0.15) is 0 Å². The van der Waals surface area contributed by atoms with Crippen LogP contribution in [0.4, 0.5) is 4.39 Å². The lowest BCUT2D eigenvalue weighted by molar-refractivity contribution is 0.0891. The summed E-state index contributed by atoms with van der Waals surface area (Å²) in [6.07, 6.45) is 3.26. The van der Waals surface area contributed by atoms with Gasteiger partial charge >= 0.3 is 0 Å². The van der Waals surface area contributed by atoms with Gasteiger partial charge in [0.2, 0.25) is 0 Å². The zero-order valence-corrected chi connectivity index (χ0v) is 18.8. The predicted octanol–water partition coefficient (Wildman–Crippen LogP) is 5.40. The Morgan fingerprint density at radius 2 is 2.00 bits per heavy atom. The van der Waals surface area contributed by atoms with Crippen molar-refractivity contribution < 1.29 is 9.18 Å². The van der Waals surface area contributed by atoms with E-state index in [2.05, 4.69) is 24.1 Å². The number of benzene rings is 2. The van der Waals surface area contributed by atoms with E-state index in [0.29, 0.717) is 34.0 Å². The fraction of sp³-hybridized carbons (Fsp3) is 0.348. The molecule has 31 heavy (non-hydrogen) atoms. The van der Waals surface area contributed by atoms with Crippen LogP contribution in [0.15, 0.2) is 41.2 Å². The smallest absolute Gasteiger partial charge is 0.266 e. The molecule has 4 rings (SSSR count). The highest BCUT2D eigenvalue weighted by molar-refractivity contribution is 7.71. The Kier molecular flexibility index (Phi) is 5.99. The van der Waals surface area contributed by atoms with Crippen molar-refractivity contribution in [3.8, 4) is 5.69 Å². The highest BCUT2D eigenvalue weighted by atomic mass is 35.5. The van der Waals surface area contributed by atoms with Crippen LogP contribution < -0.4 is 10.9 Å². The Hall–Kier alpha value is -2.51. The molecular weight excluding hydrogens is 437 g/mol. The van der Waals surface area contributed by atoms with Crippen LogP contribution in [0.5, 0.6) is 0 Å². The van der Waals surface area contributed by atoms with Crippen LogP contribution in [-0.4, -0.2) is 21.5 Å². The summed E-state index contributed by atoms with van der Waals surface area (Å²) in [6, 6.07) is 8.99. The maximum Gasteiger partial charge on any atom is 0.266 e. The number of H-pyrrole nitrogens is 1. The van der Waals surface area contributed by atoms with Crippen molar-refractivity contribution in [3.05, 3.63) is 67.9 Å². The van der Waals surface area contributed by atoms with Gasteiger partial charge in [-0.3, -0.25) is 14.2 Å². The highest BCUT2D eigenvalue weighted by Crippen LogP contribution is 2.29. The first kappa shape index (κ1) is 21.7. The third-order valence-corrected chi connectivity index (χ3v) is 6.92. The third kappa shape index (κ3) is 4.16. The number of halogens is 2. The van der Waals surface area contributed by atoms with Gasteiger partial charge in [-0.05, 0) is 66.9 Å². The van der Waals surface area contributed by atoms with E-state index in [1.807, 2.05) is 0 Å². The Bertz CT molecular complexity index is 1290. The van der Waals surface area contributed by atoms with E-state index in [9.17, 15) is 14.0 Å². The van der Waals surface area contributed by atoms with Gasteiger partial charge in [0.1, 0.15) is 5.82 Å². The van der Waals surface area contributed by atoms with Gasteiger partial charge < -0.3 is 10.3 Å². The quantitative estimate of drug-likeness (QED) is 0.515.